The summed E-state index contributed by atoms with van der Waals surface area (Å²) in [5.74, 6) is 0.0518. The van der Waals surface area contributed by atoms with Gasteiger partial charge in [0.15, 0.2) is 15.6 Å². The van der Waals surface area contributed by atoms with Crippen molar-refractivity contribution >= 4 is 9.84 Å². The molecule has 5 nitrogen and oxygen atoms in total. The molecule has 2 atom stereocenters. The third-order valence-electron chi connectivity index (χ3n) is 2.93. The van der Waals surface area contributed by atoms with Gasteiger partial charge in [-0.2, -0.15) is 0 Å². The molecule has 16 heavy (non-hydrogen) atoms. The summed E-state index contributed by atoms with van der Waals surface area (Å²) in [4.78, 5) is 0. The summed E-state index contributed by atoms with van der Waals surface area (Å²) < 4.78 is 33.5. The van der Waals surface area contributed by atoms with E-state index in [9.17, 15) is 8.42 Å². The molecule has 2 heterocycles. The molecule has 2 unspecified atom stereocenters. The minimum atomic E-state index is -2.80. The largest absolute Gasteiger partial charge is 0.348 e. The standard InChI is InChI=1S/C10H19NO4S/c1-10(2)14-6-9(15-10)5-11-8-3-4-16(12,13)7-8/h8-9,11H,3-7H2,1-2H3. The molecule has 0 radical (unpaired) electrons. The van der Waals surface area contributed by atoms with Crippen LogP contribution in [0.2, 0.25) is 0 Å². The molecule has 94 valence electrons. The van der Waals surface area contributed by atoms with E-state index in [0.29, 0.717) is 25.3 Å². The first-order chi connectivity index (χ1) is 7.36. The van der Waals surface area contributed by atoms with Crippen LogP contribution in [0.3, 0.4) is 0 Å². The average Bonchev–Trinajstić information content (AvgIpc) is 2.66. The molecule has 2 aliphatic heterocycles. The van der Waals surface area contributed by atoms with E-state index in [0.717, 1.165) is 0 Å². The van der Waals surface area contributed by atoms with Crippen molar-refractivity contribution in [1.29, 1.82) is 0 Å². The van der Waals surface area contributed by atoms with Crippen molar-refractivity contribution < 1.29 is 17.9 Å². The molecule has 2 saturated heterocycles. The Morgan fingerprint density at radius 2 is 2.19 bits per heavy atom. The van der Waals surface area contributed by atoms with Crippen LogP contribution in [0.5, 0.6) is 0 Å². The molecule has 0 aromatic rings. The quantitative estimate of drug-likeness (QED) is 0.757. The molecule has 2 fully saturated rings. The summed E-state index contributed by atoms with van der Waals surface area (Å²) in [6.45, 7) is 4.99. The van der Waals surface area contributed by atoms with E-state index in [1.165, 1.54) is 0 Å². The Kier molecular flexibility index (Phi) is 3.27. The van der Waals surface area contributed by atoms with Gasteiger partial charge in [0.25, 0.3) is 0 Å². The Morgan fingerprint density at radius 3 is 2.69 bits per heavy atom. The molecule has 2 rings (SSSR count). The molecule has 2 aliphatic rings. The van der Waals surface area contributed by atoms with Crippen LogP contribution < -0.4 is 5.32 Å². The van der Waals surface area contributed by atoms with E-state index >= 15 is 0 Å². The maximum atomic E-state index is 11.2. The molecule has 0 spiro atoms. The van der Waals surface area contributed by atoms with Crippen LogP contribution in [0.4, 0.5) is 0 Å². The lowest BCUT2D eigenvalue weighted by Gasteiger charge is -2.18. The Morgan fingerprint density at radius 1 is 1.44 bits per heavy atom. The number of nitrogens with one attached hydrogen (secondary N) is 1. The number of sulfone groups is 1. The second-order valence-corrected chi connectivity index (χ2v) is 7.19. The van der Waals surface area contributed by atoms with Gasteiger partial charge in [0.1, 0.15) is 0 Å². The van der Waals surface area contributed by atoms with Crippen molar-refractivity contribution in [1.82, 2.24) is 5.32 Å². The first-order valence-electron chi connectivity index (χ1n) is 5.62. The van der Waals surface area contributed by atoms with E-state index in [-0.39, 0.29) is 17.9 Å². The minimum absolute atomic E-state index is 0.0262. The van der Waals surface area contributed by atoms with E-state index in [1.807, 2.05) is 13.8 Å². The van der Waals surface area contributed by atoms with Gasteiger partial charge in [0.05, 0.1) is 24.2 Å². The van der Waals surface area contributed by atoms with Crippen molar-refractivity contribution in [3.05, 3.63) is 0 Å². The van der Waals surface area contributed by atoms with Gasteiger partial charge in [-0.15, -0.1) is 0 Å². The topological polar surface area (TPSA) is 64.6 Å². The second kappa shape index (κ2) is 4.25. The predicted octanol–water partition coefficient (Wildman–Crippen LogP) is -0.0854. The first-order valence-corrected chi connectivity index (χ1v) is 7.44. The minimum Gasteiger partial charge on any atom is -0.348 e. The third kappa shape index (κ3) is 3.16. The van der Waals surface area contributed by atoms with Crippen LogP contribution in [0.15, 0.2) is 0 Å². The lowest BCUT2D eigenvalue weighted by molar-refractivity contribution is -0.137. The number of rotatable bonds is 3. The number of hydrogen-bond donors (Lipinski definition) is 1. The molecule has 0 aliphatic carbocycles. The van der Waals surface area contributed by atoms with Crippen LogP contribution >= 0.6 is 0 Å². The van der Waals surface area contributed by atoms with Gasteiger partial charge >= 0.3 is 0 Å². The highest BCUT2D eigenvalue weighted by Crippen LogP contribution is 2.22. The number of hydrogen-bond acceptors (Lipinski definition) is 5. The fourth-order valence-corrected chi connectivity index (χ4v) is 3.83. The van der Waals surface area contributed by atoms with Gasteiger partial charge in [-0.1, -0.05) is 0 Å². The molecule has 0 aromatic carbocycles. The normalized spacial score (nSPS) is 36.6. The SMILES string of the molecule is CC1(C)OCC(CNC2CCS(=O)(=O)C2)O1. The average molecular weight is 249 g/mol. The van der Waals surface area contributed by atoms with Gasteiger partial charge in [0.2, 0.25) is 0 Å². The Hall–Kier alpha value is -0.170. The second-order valence-electron chi connectivity index (χ2n) is 4.96. The molecule has 0 bridgehead atoms. The zero-order valence-corrected chi connectivity index (χ0v) is 10.5. The van der Waals surface area contributed by atoms with Crippen LogP contribution in [-0.2, 0) is 19.3 Å². The summed E-state index contributed by atoms with van der Waals surface area (Å²) in [7, 11) is -2.80. The number of ether oxygens (including phenoxy) is 2. The van der Waals surface area contributed by atoms with Crippen LogP contribution in [0.25, 0.3) is 0 Å². The highest BCUT2D eigenvalue weighted by molar-refractivity contribution is 7.91. The molecular formula is C10H19NO4S. The molecule has 0 saturated carbocycles. The zero-order valence-electron chi connectivity index (χ0n) is 9.73. The fraction of sp³-hybridized carbons (Fsp3) is 1.00. The fourth-order valence-electron chi connectivity index (χ4n) is 2.12. The van der Waals surface area contributed by atoms with Crippen molar-refractivity contribution in [2.45, 2.75) is 38.2 Å². The summed E-state index contributed by atoms with van der Waals surface area (Å²) in [6.07, 6.45) is 0.734. The summed E-state index contributed by atoms with van der Waals surface area (Å²) in [5, 5.41) is 3.23. The lowest BCUT2D eigenvalue weighted by atomic mass is 10.2. The van der Waals surface area contributed by atoms with Crippen molar-refractivity contribution in [3.63, 3.8) is 0 Å². The smallest absolute Gasteiger partial charge is 0.163 e. The maximum Gasteiger partial charge on any atom is 0.163 e. The van der Waals surface area contributed by atoms with Crippen LogP contribution in [-0.4, -0.2) is 51.0 Å². The van der Waals surface area contributed by atoms with Gasteiger partial charge in [0, 0.05) is 12.6 Å². The Labute approximate surface area is 96.4 Å². The van der Waals surface area contributed by atoms with Crippen molar-refractivity contribution in [2.75, 3.05) is 24.7 Å². The summed E-state index contributed by atoms with van der Waals surface area (Å²) in [5.41, 5.74) is 0. The molecule has 0 amide bonds. The van der Waals surface area contributed by atoms with Gasteiger partial charge < -0.3 is 14.8 Å². The Bertz CT molecular complexity index is 352. The van der Waals surface area contributed by atoms with E-state index in [4.69, 9.17) is 9.47 Å². The van der Waals surface area contributed by atoms with Gasteiger partial charge in [-0.25, -0.2) is 8.42 Å². The van der Waals surface area contributed by atoms with E-state index in [1.54, 1.807) is 0 Å². The van der Waals surface area contributed by atoms with Crippen molar-refractivity contribution in [3.8, 4) is 0 Å². The Balaban J connectivity index is 1.73. The first kappa shape index (κ1) is 12.3. The predicted molar refractivity (Wildman–Crippen MR) is 60.0 cm³/mol. The highest BCUT2D eigenvalue weighted by atomic mass is 32.2. The van der Waals surface area contributed by atoms with Crippen LogP contribution in [0, 0.1) is 0 Å². The third-order valence-corrected chi connectivity index (χ3v) is 4.70. The lowest BCUT2D eigenvalue weighted by Crippen LogP contribution is -2.37. The van der Waals surface area contributed by atoms with Gasteiger partial charge in [-0.05, 0) is 20.3 Å². The summed E-state index contributed by atoms with van der Waals surface area (Å²) in [6, 6.07) is 0.0808. The molecule has 1 N–H and O–H groups in total. The van der Waals surface area contributed by atoms with Gasteiger partial charge in [-0.3, -0.25) is 0 Å². The maximum absolute atomic E-state index is 11.2. The molecule has 0 aromatic heterocycles. The summed E-state index contributed by atoms with van der Waals surface area (Å²) >= 11 is 0. The zero-order chi connectivity index (χ0) is 11.8. The molecule has 6 heteroatoms. The van der Waals surface area contributed by atoms with Crippen molar-refractivity contribution in [2.24, 2.45) is 0 Å². The molecular weight excluding hydrogens is 230 g/mol. The van der Waals surface area contributed by atoms with E-state index < -0.39 is 15.6 Å². The van der Waals surface area contributed by atoms with E-state index in [2.05, 4.69) is 5.32 Å². The highest BCUT2D eigenvalue weighted by Gasteiger charge is 2.34. The van der Waals surface area contributed by atoms with Crippen LogP contribution in [0.1, 0.15) is 20.3 Å². The monoisotopic (exact) mass is 249 g/mol.